The minimum absolute atomic E-state index is 0.0748. The second-order valence-corrected chi connectivity index (χ2v) is 17.5. The van der Waals surface area contributed by atoms with E-state index >= 15 is 0 Å². The molecule has 2 heterocycles. The van der Waals surface area contributed by atoms with Gasteiger partial charge in [0.05, 0.1) is 0 Å². The van der Waals surface area contributed by atoms with Crippen molar-refractivity contribution >= 4 is 96.5 Å². The van der Waals surface area contributed by atoms with Crippen LogP contribution in [0.1, 0.15) is 25.0 Å². The maximum absolute atomic E-state index is 6.62. The Labute approximate surface area is 333 Å². The lowest BCUT2D eigenvalue weighted by molar-refractivity contribution is 0.647. The zero-order chi connectivity index (χ0) is 37.6. The van der Waals surface area contributed by atoms with Crippen molar-refractivity contribution in [3.8, 4) is 33.4 Å². The number of furan rings is 1. The van der Waals surface area contributed by atoms with Gasteiger partial charge < -0.3 is 4.42 Å². The van der Waals surface area contributed by atoms with Crippen molar-refractivity contribution in [2.24, 2.45) is 0 Å². The minimum Gasteiger partial charge on any atom is -0.456 e. The molecule has 13 rings (SSSR count). The molecule has 0 N–H and O–H groups in total. The molecule has 0 radical (unpaired) electrons. The van der Waals surface area contributed by atoms with Gasteiger partial charge in [-0.2, -0.15) is 0 Å². The van der Waals surface area contributed by atoms with Gasteiger partial charge in [-0.05, 0) is 148 Å². The molecule has 0 saturated heterocycles. The van der Waals surface area contributed by atoms with Crippen LogP contribution in [0.3, 0.4) is 0 Å². The van der Waals surface area contributed by atoms with Crippen molar-refractivity contribution in [3.05, 3.63) is 181 Å². The van der Waals surface area contributed by atoms with E-state index in [0.29, 0.717) is 0 Å². The maximum atomic E-state index is 6.62. The number of thiophene rings is 1. The average molecular weight is 743 g/mol. The summed E-state index contributed by atoms with van der Waals surface area (Å²) in [6.07, 6.45) is 0. The van der Waals surface area contributed by atoms with Crippen LogP contribution in [0.5, 0.6) is 0 Å². The van der Waals surface area contributed by atoms with E-state index in [9.17, 15) is 0 Å². The number of rotatable bonds is 2. The zero-order valence-electron chi connectivity index (χ0n) is 31.5. The van der Waals surface area contributed by atoms with Crippen LogP contribution >= 0.6 is 11.3 Å². The Morgan fingerprint density at radius 1 is 0.368 bits per heavy atom. The molecule has 0 atom stereocenters. The Morgan fingerprint density at radius 3 is 1.63 bits per heavy atom. The summed E-state index contributed by atoms with van der Waals surface area (Å²) in [4.78, 5) is 0. The molecule has 0 aliphatic heterocycles. The highest BCUT2D eigenvalue weighted by atomic mass is 32.1. The van der Waals surface area contributed by atoms with Gasteiger partial charge in [0.2, 0.25) is 0 Å². The van der Waals surface area contributed by atoms with Gasteiger partial charge in [0.15, 0.2) is 0 Å². The molecule has 0 amide bonds. The molecule has 2 aromatic heterocycles. The summed E-state index contributed by atoms with van der Waals surface area (Å²) in [5.74, 6) is 0. The first-order valence-corrected chi connectivity index (χ1v) is 20.6. The monoisotopic (exact) mass is 742 g/mol. The Kier molecular flexibility index (Phi) is 6.18. The topological polar surface area (TPSA) is 13.1 Å². The SMILES string of the molecule is CC1(C)c2ccccc2-c2cc3c(cc21)oc1ccc(-c2c4ccccc4c(-c4ccc5sc6cc7cc8ccccc8cc7cc6c5c4)c4ccccc24)cc13. The Morgan fingerprint density at radius 2 is 0.930 bits per heavy atom. The van der Waals surface area contributed by atoms with Gasteiger partial charge in [0, 0.05) is 36.4 Å². The van der Waals surface area contributed by atoms with Gasteiger partial charge >= 0.3 is 0 Å². The van der Waals surface area contributed by atoms with E-state index in [1.54, 1.807) is 0 Å². The van der Waals surface area contributed by atoms with Crippen molar-refractivity contribution in [2.45, 2.75) is 19.3 Å². The van der Waals surface area contributed by atoms with Crippen LogP contribution in [0, 0.1) is 0 Å². The lowest BCUT2D eigenvalue weighted by Gasteiger charge is -2.21. The minimum atomic E-state index is -0.0748. The van der Waals surface area contributed by atoms with Gasteiger partial charge in [-0.1, -0.05) is 123 Å². The summed E-state index contributed by atoms with van der Waals surface area (Å²) in [5.41, 5.74) is 12.1. The third-order valence-electron chi connectivity index (χ3n) is 13.0. The highest BCUT2D eigenvalue weighted by molar-refractivity contribution is 7.25. The van der Waals surface area contributed by atoms with Crippen molar-refractivity contribution in [1.29, 1.82) is 0 Å². The van der Waals surface area contributed by atoms with Gasteiger partial charge in [-0.15, -0.1) is 11.3 Å². The quantitative estimate of drug-likeness (QED) is 0.161. The third kappa shape index (κ3) is 4.34. The molecular formula is C55H34OS. The number of hydrogen-bond acceptors (Lipinski definition) is 2. The highest BCUT2D eigenvalue weighted by Crippen LogP contribution is 2.52. The summed E-state index contributed by atoms with van der Waals surface area (Å²) < 4.78 is 9.26. The van der Waals surface area contributed by atoms with Gasteiger partial charge in [0.1, 0.15) is 11.2 Å². The predicted octanol–water partition coefficient (Wildman–Crippen LogP) is 16.2. The van der Waals surface area contributed by atoms with Crippen LogP contribution in [0.2, 0.25) is 0 Å². The zero-order valence-corrected chi connectivity index (χ0v) is 32.3. The summed E-state index contributed by atoms with van der Waals surface area (Å²) >= 11 is 1.89. The first kappa shape index (κ1) is 31.5. The predicted molar refractivity (Wildman–Crippen MR) is 245 cm³/mol. The summed E-state index contributed by atoms with van der Waals surface area (Å²) in [7, 11) is 0. The molecule has 1 aliphatic carbocycles. The van der Waals surface area contributed by atoms with E-state index in [0.717, 1.165) is 16.6 Å². The van der Waals surface area contributed by atoms with Gasteiger partial charge in [-0.25, -0.2) is 0 Å². The van der Waals surface area contributed by atoms with Gasteiger partial charge in [0.25, 0.3) is 0 Å². The van der Waals surface area contributed by atoms with E-state index in [1.807, 2.05) is 11.3 Å². The van der Waals surface area contributed by atoms with Crippen LogP contribution < -0.4 is 0 Å². The molecule has 0 saturated carbocycles. The Bertz CT molecular complexity index is 3670. The van der Waals surface area contributed by atoms with Crippen molar-refractivity contribution in [2.75, 3.05) is 0 Å². The normalized spacial score (nSPS) is 13.6. The van der Waals surface area contributed by atoms with E-state index < -0.39 is 0 Å². The van der Waals surface area contributed by atoms with E-state index in [1.165, 1.54) is 113 Å². The largest absolute Gasteiger partial charge is 0.456 e. The molecule has 0 unspecified atom stereocenters. The fourth-order valence-corrected chi connectivity index (χ4v) is 11.4. The molecular weight excluding hydrogens is 709 g/mol. The summed E-state index contributed by atoms with van der Waals surface area (Å²) in [6, 6.07) is 63.5. The van der Waals surface area contributed by atoms with Crippen LogP contribution in [0.4, 0.5) is 0 Å². The first-order chi connectivity index (χ1) is 28.0. The van der Waals surface area contributed by atoms with E-state index in [-0.39, 0.29) is 5.41 Å². The summed E-state index contributed by atoms with van der Waals surface area (Å²) in [5, 5.41) is 15.1. The third-order valence-corrected chi connectivity index (χ3v) is 14.1. The van der Waals surface area contributed by atoms with Gasteiger partial charge in [-0.3, -0.25) is 0 Å². The average Bonchev–Trinajstić information content (AvgIpc) is 3.86. The van der Waals surface area contributed by atoms with Crippen LogP contribution in [0.15, 0.2) is 174 Å². The maximum Gasteiger partial charge on any atom is 0.135 e. The van der Waals surface area contributed by atoms with Crippen molar-refractivity contribution in [3.63, 3.8) is 0 Å². The molecule has 2 heteroatoms. The Hall–Kier alpha value is -6.74. The molecule has 0 fully saturated rings. The smallest absolute Gasteiger partial charge is 0.135 e. The molecule has 0 spiro atoms. The number of benzene rings is 10. The Balaban J connectivity index is 1.03. The fourth-order valence-electron chi connectivity index (χ4n) is 10.2. The molecule has 266 valence electrons. The number of fused-ring (bicyclic) bond motifs is 13. The van der Waals surface area contributed by atoms with Crippen LogP contribution in [-0.2, 0) is 5.41 Å². The molecule has 1 aliphatic rings. The number of hydrogen-bond donors (Lipinski definition) is 0. The lowest BCUT2D eigenvalue weighted by atomic mass is 9.82. The summed E-state index contributed by atoms with van der Waals surface area (Å²) in [6.45, 7) is 4.65. The molecule has 1 nitrogen and oxygen atoms in total. The molecule has 10 aromatic carbocycles. The lowest BCUT2D eigenvalue weighted by Crippen LogP contribution is -2.14. The van der Waals surface area contributed by atoms with Crippen molar-refractivity contribution < 1.29 is 4.42 Å². The molecule has 0 bridgehead atoms. The van der Waals surface area contributed by atoms with Crippen LogP contribution in [0.25, 0.3) is 119 Å². The van der Waals surface area contributed by atoms with Crippen molar-refractivity contribution in [1.82, 2.24) is 0 Å². The van der Waals surface area contributed by atoms with E-state index in [2.05, 4.69) is 184 Å². The highest BCUT2D eigenvalue weighted by Gasteiger charge is 2.36. The standard InChI is InChI=1S/C55H34OS/c1-55(2)47-18-10-9-13-37(47)42-29-44-43-25-33(19-21-49(43)56-50(44)30-48(42)55)53-38-14-5-7-16-40(38)54(41-17-8-6-15-39(41)53)34-20-22-51-45(26-34)46-27-35-23-31-11-3-4-12-32(31)24-36(35)28-52(46)57-51/h3-30H,1-2H3. The molecule has 57 heavy (non-hydrogen) atoms. The second kappa shape index (κ2) is 11.2. The molecule has 12 aromatic rings. The van der Waals surface area contributed by atoms with E-state index in [4.69, 9.17) is 4.42 Å². The second-order valence-electron chi connectivity index (χ2n) is 16.4. The fraction of sp³-hybridized carbons (Fsp3) is 0.0545. The first-order valence-electron chi connectivity index (χ1n) is 19.8. The van der Waals surface area contributed by atoms with Crippen LogP contribution in [-0.4, -0.2) is 0 Å².